The normalized spacial score (nSPS) is 23.3. The van der Waals surface area contributed by atoms with Crippen molar-refractivity contribution in [3.8, 4) is 0 Å². The molecule has 0 aliphatic heterocycles. The van der Waals surface area contributed by atoms with Crippen LogP contribution in [0.2, 0.25) is 0 Å². The molecule has 0 saturated heterocycles. The van der Waals surface area contributed by atoms with Crippen molar-refractivity contribution in [2.75, 3.05) is 6.54 Å². The molecule has 1 rings (SSSR count). The van der Waals surface area contributed by atoms with Gasteiger partial charge in [-0.25, -0.2) is 0 Å². The zero-order valence-corrected chi connectivity index (χ0v) is 9.47. The van der Waals surface area contributed by atoms with Gasteiger partial charge in [-0.15, -0.1) is 0 Å². The fraction of sp³-hybridized carbons (Fsp3) is 1.00. The summed E-state index contributed by atoms with van der Waals surface area (Å²) in [6, 6.07) is 0.700. The highest BCUT2D eigenvalue weighted by atomic mass is 14.9. The first-order chi connectivity index (χ1) is 6.24. The van der Waals surface area contributed by atoms with E-state index in [1.165, 1.54) is 32.1 Å². The van der Waals surface area contributed by atoms with Gasteiger partial charge in [0, 0.05) is 6.04 Å². The molecule has 78 valence electrons. The van der Waals surface area contributed by atoms with Crippen LogP contribution >= 0.6 is 0 Å². The molecule has 0 bridgehead atoms. The first kappa shape index (κ1) is 11.0. The van der Waals surface area contributed by atoms with Crippen molar-refractivity contribution in [1.82, 2.24) is 5.32 Å². The van der Waals surface area contributed by atoms with Gasteiger partial charge in [-0.05, 0) is 31.7 Å². The quantitative estimate of drug-likeness (QED) is 0.690. The molecular weight excluding hydrogens is 158 g/mol. The molecule has 0 aromatic carbocycles. The zero-order chi connectivity index (χ0) is 9.68. The van der Waals surface area contributed by atoms with Crippen LogP contribution in [0.5, 0.6) is 0 Å². The second-order valence-electron chi connectivity index (χ2n) is 4.71. The summed E-state index contributed by atoms with van der Waals surface area (Å²) in [4.78, 5) is 0. The Bertz CT molecular complexity index is 127. The molecule has 0 heterocycles. The Labute approximate surface area is 83.3 Å². The van der Waals surface area contributed by atoms with Crippen LogP contribution in [0.1, 0.15) is 52.9 Å². The summed E-state index contributed by atoms with van der Waals surface area (Å²) in [5, 5.41) is 3.52. The molecule has 1 heteroatoms. The molecule has 0 amide bonds. The summed E-state index contributed by atoms with van der Waals surface area (Å²) in [6.45, 7) is 8.02. The summed E-state index contributed by atoms with van der Waals surface area (Å²) in [7, 11) is 0. The summed E-state index contributed by atoms with van der Waals surface area (Å²) in [5.74, 6) is 1.89. The van der Waals surface area contributed by atoms with Crippen LogP contribution in [0.3, 0.4) is 0 Å². The monoisotopic (exact) mass is 183 g/mol. The van der Waals surface area contributed by atoms with Crippen LogP contribution in [0, 0.1) is 11.8 Å². The average molecular weight is 183 g/mol. The van der Waals surface area contributed by atoms with Gasteiger partial charge in [0.05, 0.1) is 0 Å². The van der Waals surface area contributed by atoms with Gasteiger partial charge in [0.1, 0.15) is 0 Å². The lowest BCUT2D eigenvalue weighted by molar-refractivity contribution is 0.324. The van der Waals surface area contributed by atoms with E-state index in [0.717, 1.165) is 18.4 Å². The lowest BCUT2D eigenvalue weighted by Crippen LogP contribution is -2.32. The van der Waals surface area contributed by atoms with Crippen LogP contribution in [-0.2, 0) is 0 Å². The van der Waals surface area contributed by atoms with E-state index < -0.39 is 0 Å². The summed E-state index contributed by atoms with van der Waals surface area (Å²) in [5.41, 5.74) is 0. The maximum Gasteiger partial charge on any atom is 0.00643 e. The van der Waals surface area contributed by atoms with Gasteiger partial charge in [-0.1, -0.05) is 39.5 Å². The van der Waals surface area contributed by atoms with Crippen LogP contribution in [0.4, 0.5) is 0 Å². The number of hydrogen-bond acceptors (Lipinski definition) is 1. The Balaban J connectivity index is 2.18. The van der Waals surface area contributed by atoms with E-state index in [1.807, 2.05) is 0 Å². The zero-order valence-electron chi connectivity index (χ0n) is 9.47. The Hall–Kier alpha value is -0.0400. The van der Waals surface area contributed by atoms with E-state index in [9.17, 15) is 0 Å². The third kappa shape index (κ3) is 3.68. The maximum atomic E-state index is 3.52. The third-order valence-corrected chi connectivity index (χ3v) is 3.56. The third-order valence-electron chi connectivity index (χ3n) is 3.56. The van der Waals surface area contributed by atoms with Gasteiger partial charge >= 0.3 is 0 Å². The summed E-state index contributed by atoms with van der Waals surface area (Å²) in [6.07, 6.45) is 7.38. The van der Waals surface area contributed by atoms with Gasteiger partial charge in [-0.3, -0.25) is 0 Å². The lowest BCUT2D eigenvalue weighted by Gasteiger charge is -2.23. The number of hydrogen-bond donors (Lipinski definition) is 1. The fourth-order valence-electron chi connectivity index (χ4n) is 2.50. The second-order valence-corrected chi connectivity index (χ2v) is 4.71. The van der Waals surface area contributed by atoms with Crippen molar-refractivity contribution in [3.63, 3.8) is 0 Å². The Kier molecular flexibility index (Phi) is 4.79. The molecule has 1 aliphatic carbocycles. The molecule has 0 spiro atoms. The van der Waals surface area contributed by atoms with E-state index in [4.69, 9.17) is 0 Å². The standard InChI is InChI=1S/C12H25N/c1-4-13-11(3)10(2)9-12-7-5-6-8-12/h10-13H,4-9H2,1-3H3. The molecule has 1 N–H and O–H groups in total. The van der Waals surface area contributed by atoms with Gasteiger partial charge in [-0.2, -0.15) is 0 Å². The van der Waals surface area contributed by atoms with Gasteiger partial charge in [0.15, 0.2) is 0 Å². The minimum Gasteiger partial charge on any atom is -0.314 e. The van der Waals surface area contributed by atoms with E-state index >= 15 is 0 Å². The predicted octanol–water partition coefficient (Wildman–Crippen LogP) is 3.20. The molecule has 0 radical (unpaired) electrons. The highest BCUT2D eigenvalue weighted by Gasteiger charge is 2.20. The van der Waals surface area contributed by atoms with E-state index in [1.54, 1.807) is 0 Å². The highest BCUT2D eigenvalue weighted by Crippen LogP contribution is 2.30. The second kappa shape index (κ2) is 5.64. The van der Waals surface area contributed by atoms with Crippen LogP contribution < -0.4 is 5.32 Å². The first-order valence-electron chi connectivity index (χ1n) is 5.97. The number of rotatable bonds is 5. The maximum absolute atomic E-state index is 3.52. The molecule has 2 atom stereocenters. The minimum absolute atomic E-state index is 0.700. The van der Waals surface area contributed by atoms with Crippen LogP contribution in [0.25, 0.3) is 0 Å². The molecule has 1 nitrogen and oxygen atoms in total. The molecule has 2 unspecified atom stereocenters. The Morgan fingerprint density at radius 2 is 1.85 bits per heavy atom. The van der Waals surface area contributed by atoms with Gasteiger partial charge in [0.25, 0.3) is 0 Å². The molecular formula is C12H25N. The smallest absolute Gasteiger partial charge is 0.00643 e. The summed E-state index contributed by atoms with van der Waals surface area (Å²) < 4.78 is 0. The molecule has 1 fully saturated rings. The molecule has 0 aromatic rings. The molecule has 1 saturated carbocycles. The van der Waals surface area contributed by atoms with Crippen molar-refractivity contribution in [2.45, 2.75) is 58.9 Å². The van der Waals surface area contributed by atoms with Crippen molar-refractivity contribution < 1.29 is 0 Å². The first-order valence-corrected chi connectivity index (χ1v) is 5.97. The predicted molar refractivity (Wildman–Crippen MR) is 58.9 cm³/mol. The molecule has 13 heavy (non-hydrogen) atoms. The SMILES string of the molecule is CCNC(C)C(C)CC1CCCC1. The number of nitrogens with one attached hydrogen (secondary N) is 1. The Morgan fingerprint density at radius 1 is 1.23 bits per heavy atom. The topological polar surface area (TPSA) is 12.0 Å². The van der Waals surface area contributed by atoms with Crippen molar-refractivity contribution in [3.05, 3.63) is 0 Å². The highest BCUT2D eigenvalue weighted by molar-refractivity contribution is 4.75. The summed E-state index contributed by atoms with van der Waals surface area (Å²) >= 11 is 0. The van der Waals surface area contributed by atoms with Gasteiger partial charge in [0.2, 0.25) is 0 Å². The fourth-order valence-corrected chi connectivity index (χ4v) is 2.50. The van der Waals surface area contributed by atoms with Crippen molar-refractivity contribution in [2.24, 2.45) is 11.8 Å². The molecule has 1 aliphatic rings. The van der Waals surface area contributed by atoms with E-state index in [2.05, 4.69) is 26.1 Å². The van der Waals surface area contributed by atoms with Gasteiger partial charge < -0.3 is 5.32 Å². The lowest BCUT2D eigenvalue weighted by atomic mass is 9.90. The van der Waals surface area contributed by atoms with Crippen LogP contribution in [-0.4, -0.2) is 12.6 Å². The van der Waals surface area contributed by atoms with Crippen molar-refractivity contribution in [1.29, 1.82) is 0 Å². The largest absolute Gasteiger partial charge is 0.314 e. The molecule has 0 aromatic heterocycles. The van der Waals surface area contributed by atoms with Crippen molar-refractivity contribution >= 4 is 0 Å². The average Bonchev–Trinajstić information content (AvgIpc) is 2.57. The van der Waals surface area contributed by atoms with E-state index in [-0.39, 0.29) is 0 Å². The van der Waals surface area contributed by atoms with Crippen LogP contribution in [0.15, 0.2) is 0 Å². The minimum atomic E-state index is 0.700. The Morgan fingerprint density at radius 3 is 2.38 bits per heavy atom. The van der Waals surface area contributed by atoms with E-state index in [0.29, 0.717) is 6.04 Å².